The Bertz CT molecular complexity index is 124. The van der Waals surface area contributed by atoms with E-state index in [4.69, 9.17) is 4.74 Å². The molecule has 0 aromatic heterocycles. The van der Waals surface area contributed by atoms with Crippen LogP contribution in [0.15, 0.2) is 0 Å². The number of hydrogen-bond donors (Lipinski definition) is 0. The van der Waals surface area contributed by atoms with Gasteiger partial charge in [-0.1, -0.05) is 34.6 Å². The highest BCUT2D eigenvalue weighted by Gasteiger charge is 2.15. The predicted molar refractivity (Wildman–Crippen MR) is 58.9 cm³/mol. The molecule has 1 heteroatoms. The summed E-state index contributed by atoms with van der Waals surface area (Å²) in [5.74, 6) is 0.675. The molecule has 0 aliphatic rings. The summed E-state index contributed by atoms with van der Waals surface area (Å²) in [6.45, 7) is 14.3. The van der Waals surface area contributed by atoms with Crippen LogP contribution in [0.5, 0.6) is 0 Å². The van der Waals surface area contributed by atoms with Crippen molar-refractivity contribution in [2.45, 2.75) is 60.5 Å². The van der Waals surface area contributed by atoms with Crippen LogP contribution >= 0.6 is 0 Å². The Balaban J connectivity index is 3.57. The summed E-state index contributed by atoms with van der Waals surface area (Å²) < 4.78 is 5.70. The molecule has 0 spiro atoms. The Hall–Kier alpha value is -0.0400. The lowest BCUT2D eigenvalue weighted by Gasteiger charge is -2.24. The third kappa shape index (κ3) is 8.29. The normalized spacial score (nSPS) is 17.1. The molecule has 0 saturated heterocycles. The Labute approximate surface area is 83.9 Å². The summed E-state index contributed by atoms with van der Waals surface area (Å²) in [6, 6.07) is 0. The standard InChI is InChI=1S/C12H26O/c1-7-11(3)13-9-10(2)8-12(4,5)6/h10-11H,7-9H2,1-6H3. The van der Waals surface area contributed by atoms with Crippen molar-refractivity contribution in [3.8, 4) is 0 Å². The highest BCUT2D eigenvalue weighted by Crippen LogP contribution is 2.24. The minimum absolute atomic E-state index is 0.419. The molecule has 0 amide bonds. The second kappa shape index (κ2) is 5.64. The van der Waals surface area contributed by atoms with Gasteiger partial charge in [-0.3, -0.25) is 0 Å². The number of hydrogen-bond acceptors (Lipinski definition) is 1. The van der Waals surface area contributed by atoms with E-state index in [2.05, 4.69) is 41.5 Å². The van der Waals surface area contributed by atoms with Gasteiger partial charge in [-0.2, -0.15) is 0 Å². The van der Waals surface area contributed by atoms with E-state index in [0.29, 0.717) is 17.4 Å². The minimum Gasteiger partial charge on any atom is -0.378 e. The Morgan fingerprint density at radius 1 is 1.15 bits per heavy atom. The van der Waals surface area contributed by atoms with Crippen LogP contribution in [0.25, 0.3) is 0 Å². The van der Waals surface area contributed by atoms with Gasteiger partial charge >= 0.3 is 0 Å². The van der Waals surface area contributed by atoms with Crippen LogP contribution in [0.2, 0.25) is 0 Å². The Kier molecular flexibility index (Phi) is 5.62. The van der Waals surface area contributed by atoms with Crippen molar-refractivity contribution in [1.82, 2.24) is 0 Å². The lowest BCUT2D eigenvalue weighted by atomic mass is 9.86. The largest absolute Gasteiger partial charge is 0.378 e. The molecule has 0 aliphatic heterocycles. The molecular formula is C12H26O. The summed E-state index contributed by atoms with van der Waals surface area (Å²) in [5, 5.41) is 0. The molecule has 0 aromatic rings. The van der Waals surface area contributed by atoms with E-state index < -0.39 is 0 Å². The van der Waals surface area contributed by atoms with Crippen LogP contribution in [-0.2, 0) is 4.74 Å². The fourth-order valence-corrected chi connectivity index (χ4v) is 1.55. The van der Waals surface area contributed by atoms with Crippen LogP contribution in [0, 0.1) is 11.3 Å². The minimum atomic E-state index is 0.419. The van der Waals surface area contributed by atoms with Crippen LogP contribution in [0.4, 0.5) is 0 Å². The van der Waals surface area contributed by atoms with E-state index in [1.807, 2.05) is 0 Å². The molecule has 0 aromatic carbocycles. The molecule has 80 valence electrons. The van der Waals surface area contributed by atoms with Crippen LogP contribution in [0.3, 0.4) is 0 Å². The predicted octanol–water partition coefficient (Wildman–Crippen LogP) is 3.87. The maximum atomic E-state index is 5.70. The topological polar surface area (TPSA) is 9.23 Å². The van der Waals surface area contributed by atoms with Gasteiger partial charge in [0.05, 0.1) is 6.10 Å². The summed E-state index contributed by atoms with van der Waals surface area (Å²) in [6.07, 6.45) is 2.77. The molecule has 0 aliphatic carbocycles. The Morgan fingerprint density at radius 2 is 1.69 bits per heavy atom. The summed E-state index contributed by atoms with van der Waals surface area (Å²) in [5.41, 5.74) is 0.429. The molecule has 0 fully saturated rings. The zero-order chi connectivity index (χ0) is 10.5. The molecule has 0 rings (SSSR count). The van der Waals surface area contributed by atoms with Crippen molar-refractivity contribution >= 4 is 0 Å². The third-order valence-electron chi connectivity index (χ3n) is 2.20. The van der Waals surface area contributed by atoms with Gasteiger partial charge in [0.1, 0.15) is 0 Å². The second-order valence-corrected chi connectivity index (χ2v) is 5.42. The van der Waals surface area contributed by atoms with E-state index >= 15 is 0 Å². The highest BCUT2D eigenvalue weighted by atomic mass is 16.5. The lowest BCUT2D eigenvalue weighted by molar-refractivity contribution is 0.0328. The van der Waals surface area contributed by atoms with Gasteiger partial charge in [-0.15, -0.1) is 0 Å². The monoisotopic (exact) mass is 186 g/mol. The van der Waals surface area contributed by atoms with Crippen molar-refractivity contribution in [3.63, 3.8) is 0 Å². The molecule has 2 unspecified atom stereocenters. The maximum Gasteiger partial charge on any atom is 0.0544 e. The fourth-order valence-electron chi connectivity index (χ4n) is 1.55. The highest BCUT2D eigenvalue weighted by molar-refractivity contribution is 4.66. The van der Waals surface area contributed by atoms with Crippen molar-refractivity contribution in [1.29, 1.82) is 0 Å². The zero-order valence-corrected chi connectivity index (χ0v) is 10.2. The van der Waals surface area contributed by atoms with E-state index in [1.165, 1.54) is 6.42 Å². The first-order valence-corrected chi connectivity index (χ1v) is 5.46. The van der Waals surface area contributed by atoms with Gasteiger partial charge in [-0.25, -0.2) is 0 Å². The van der Waals surface area contributed by atoms with Crippen LogP contribution < -0.4 is 0 Å². The first kappa shape index (κ1) is 13.0. The molecule has 0 N–H and O–H groups in total. The lowest BCUT2D eigenvalue weighted by Crippen LogP contribution is -2.18. The van der Waals surface area contributed by atoms with Gasteiger partial charge in [0.2, 0.25) is 0 Å². The first-order valence-electron chi connectivity index (χ1n) is 5.46. The van der Waals surface area contributed by atoms with Crippen molar-refractivity contribution < 1.29 is 4.74 Å². The molecule has 0 heterocycles. The average molecular weight is 186 g/mol. The molecule has 2 atom stereocenters. The van der Waals surface area contributed by atoms with Gasteiger partial charge < -0.3 is 4.74 Å². The van der Waals surface area contributed by atoms with Crippen LogP contribution in [-0.4, -0.2) is 12.7 Å². The quantitative estimate of drug-likeness (QED) is 0.633. The molecule has 1 nitrogen and oxygen atoms in total. The van der Waals surface area contributed by atoms with E-state index in [-0.39, 0.29) is 0 Å². The molecule has 13 heavy (non-hydrogen) atoms. The van der Waals surface area contributed by atoms with Crippen LogP contribution in [0.1, 0.15) is 54.4 Å². The van der Waals surface area contributed by atoms with Gasteiger partial charge in [0.15, 0.2) is 0 Å². The number of ether oxygens (including phenoxy) is 1. The van der Waals surface area contributed by atoms with Crippen molar-refractivity contribution in [3.05, 3.63) is 0 Å². The second-order valence-electron chi connectivity index (χ2n) is 5.42. The molecule has 0 saturated carbocycles. The third-order valence-corrected chi connectivity index (χ3v) is 2.20. The van der Waals surface area contributed by atoms with E-state index in [0.717, 1.165) is 13.0 Å². The molecular weight excluding hydrogens is 160 g/mol. The van der Waals surface area contributed by atoms with Gasteiger partial charge in [0, 0.05) is 6.61 Å². The van der Waals surface area contributed by atoms with Crippen molar-refractivity contribution in [2.24, 2.45) is 11.3 Å². The Morgan fingerprint density at radius 3 is 2.08 bits per heavy atom. The summed E-state index contributed by atoms with van der Waals surface area (Å²) in [7, 11) is 0. The molecule has 0 bridgehead atoms. The van der Waals surface area contributed by atoms with Gasteiger partial charge in [0.25, 0.3) is 0 Å². The smallest absolute Gasteiger partial charge is 0.0544 e. The van der Waals surface area contributed by atoms with Crippen molar-refractivity contribution in [2.75, 3.05) is 6.61 Å². The zero-order valence-electron chi connectivity index (χ0n) is 10.2. The first-order chi connectivity index (χ1) is 5.85. The fraction of sp³-hybridized carbons (Fsp3) is 1.00. The summed E-state index contributed by atoms with van der Waals surface area (Å²) >= 11 is 0. The van der Waals surface area contributed by atoms with Gasteiger partial charge in [-0.05, 0) is 31.1 Å². The number of rotatable bonds is 5. The maximum absolute atomic E-state index is 5.70. The summed E-state index contributed by atoms with van der Waals surface area (Å²) in [4.78, 5) is 0. The average Bonchev–Trinajstić information content (AvgIpc) is 1.97. The van der Waals surface area contributed by atoms with E-state index in [1.54, 1.807) is 0 Å². The van der Waals surface area contributed by atoms with E-state index in [9.17, 15) is 0 Å². The molecule has 0 radical (unpaired) electrons. The SMILES string of the molecule is CCC(C)OCC(C)CC(C)(C)C.